The third-order valence-electron chi connectivity index (χ3n) is 4.71. The fourth-order valence-electron chi connectivity index (χ4n) is 2.89. The van der Waals surface area contributed by atoms with Crippen molar-refractivity contribution in [2.75, 3.05) is 31.6 Å². The summed E-state index contributed by atoms with van der Waals surface area (Å²) in [5, 5.41) is 1.00. The summed E-state index contributed by atoms with van der Waals surface area (Å²) < 4.78 is 0. The van der Waals surface area contributed by atoms with Gasteiger partial charge in [0.2, 0.25) is 0 Å². The van der Waals surface area contributed by atoms with Gasteiger partial charge >= 0.3 is 0 Å². The average molecular weight is 309 g/mol. The second-order valence-corrected chi connectivity index (χ2v) is 6.96. The van der Waals surface area contributed by atoms with Gasteiger partial charge in [0.15, 0.2) is 11.4 Å². The molecule has 1 aliphatic heterocycles. The van der Waals surface area contributed by atoms with Gasteiger partial charge in [-0.1, -0.05) is 32.1 Å². The summed E-state index contributed by atoms with van der Waals surface area (Å²) in [6.07, 6.45) is 4.34. The van der Waals surface area contributed by atoms with Gasteiger partial charge in [-0.3, -0.25) is 4.79 Å². The van der Waals surface area contributed by atoms with Gasteiger partial charge in [-0.25, -0.2) is 4.98 Å². The second kappa shape index (κ2) is 7.36. The van der Waals surface area contributed by atoms with Crippen molar-refractivity contribution in [1.82, 2.24) is 9.88 Å². The Bertz CT molecular complexity index is 466. The van der Waals surface area contributed by atoms with Crippen molar-refractivity contribution in [1.29, 1.82) is 0 Å². The molecular formula is C16H27N3OS. The quantitative estimate of drug-likeness (QED) is 0.755. The standard InChI is InChI=1S/C16H27N3OS/c1-5-12(3)15-14(11-20)21-16(17-15)18(4)13-7-9-19(6-2)10-8-13/h11-13H,5-10H2,1-4H3. The molecule has 0 amide bonds. The van der Waals surface area contributed by atoms with E-state index in [2.05, 4.69) is 37.6 Å². The Morgan fingerprint density at radius 1 is 1.43 bits per heavy atom. The number of aldehydes is 1. The number of thiazole rings is 1. The lowest BCUT2D eigenvalue weighted by molar-refractivity contribution is 0.112. The lowest BCUT2D eigenvalue weighted by Gasteiger charge is -2.36. The van der Waals surface area contributed by atoms with Gasteiger partial charge in [-0.05, 0) is 31.7 Å². The average Bonchev–Trinajstić information content (AvgIpc) is 2.97. The smallest absolute Gasteiger partial charge is 0.186 e. The van der Waals surface area contributed by atoms with E-state index in [1.54, 1.807) is 11.3 Å². The summed E-state index contributed by atoms with van der Waals surface area (Å²) in [6, 6.07) is 0.545. The maximum Gasteiger partial charge on any atom is 0.186 e. The monoisotopic (exact) mass is 309 g/mol. The van der Waals surface area contributed by atoms with Crippen molar-refractivity contribution in [3.05, 3.63) is 10.6 Å². The number of aromatic nitrogens is 1. The molecule has 0 aliphatic carbocycles. The maximum absolute atomic E-state index is 11.3. The fourth-order valence-corrected chi connectivity index (χ4v) is 3.93. The normalized spacial score (nSPS) is 18.7. The lowest BCUT2D eigenvalue weighted by atomic mass is 10.0. The van der Waals surface area contributed by atoms with Gasteiger partial charge in [-0.15, -0.1) is 0 Å². The van der Waals surface area contributed by atoms with E-state index in [0.717, 1.165) is 48.0 Å². The molecule has 0 saturated carbocycles. The van der Waals surface area contributed by atoms with Crippen molar-refractivity contribution in [2.24, 2.45) is 0 Å². The molecule has 0 N–H and O–H groups in total. The van der Waals surface area contributed by atoms with Crippen LogP contribution in [0, 0.1) is 0 Å². The molecule has 21 heavy (non-hydrogen) atoms. The number of rotatable bonds is 6. The Labute approximate surface area is 132 Å². The molecule has 1 saturated heterocycles. The highest BCUT2D eigenvalue weighted by Crippen LogP contribution is 2.32. The molecule has 2 heterocycles. The molecule has 4 nitrogen and oxygen atoms in total. The largest absolute Gasteiger partial charge is 0.348 e. The van der Waals surface area contributed by atoms with E-state index in [0.29, 0.717) is 12.0 Å². The third-order valence-corrected chi connectivity index (χ3v) is 5.80. The van der Waals surface area contributed by atoms with Crippen LogP contribution in [0.15, 0.2) is 0 Å². The minimum Gasteiger partial charge on any atom is -0.348 e. The predicted octanol–water partition coefficient (Wildman–Crippen LogP) is 3.39. The first-order valence-corrected chi connectivity index (χ1v) is 8.83. The van der Waals surface area contributed by atoms with Crippen LogP contribution in [-0.4, -0.2) is 48.9 Å². The first-order chi connectivity index (χ1) is 10.1. The van der Waals surface area contributed by atoms with Crippen molar-refractivity contribution in [3.63, 3.8) is 0 Å². The minimum atomic E-state index is 0.352. The summed E-state index contributed by atoms with van der Waals surface area (Å²) in [5.74, 6) is 0.352. The van der Waals surface area contributed by atoms with E-state index in [4.69, 9.17) is 4.98 Å². The molecule has 0 bridgehead atoms. The number of piperidine rings is 1. The van der Waals surface area contributed by atoms with Crippen LogP contribution in [0.1, 0.15) is 61.3 Å². The molecule has 2 rings (SSSR count). The van der Waals surface area contributed by atoms with Gasteiger partial charge in [-0.2, -0.15) is 0 Å². The fraction of sp³-hybridized carbons (Fsp3) is 0.750. The number of hydrogen-bond acceptors (Lipinski definition) is 5. The van der Waals surface area contributed by atoms with E-state index in [-0.39, 0.29) is 0 Å². The van der Waals surface area contributed by atoms with Crippen molar-refractivity contribution in [2.45, 2.75) is 52.0 Å². The summed E-state index contributed by atoms with van der Waals surface area (Å²) in [6.45, 7) is 9.97. The summed E-state index contributed by atoms with van der Waals surface area (Å²) in [5.41, 5.74) is 0.977. The molecular weight excluding hydrogens is 282 g/mol. The van der Waals surface area contributed by atoms with Crippen LogP contribution in [0.3, 0.4) is 0 Å². The Hall–Kier alpha value is -0.940. The maximum atomic E-state index is 11.3. The zero-order valence-electron chi connectivity index (χ0n) is 13.6. The summed E-state index contributed by atoms with van der Waals surface area (Å²) >= 11 is 1.54. The van der Waals surface area contributed by atoms with Crippen LogP contribution in [-0.2, 0) is 0 Å². The van der Waals surface area contributed by atoms with Crippen molar-refractivity contribution in [3.8, 4) is 0 Å². The Balaban J connectivity index is 2.11. The molecule has 1 atom stereocenters. The van der Waals surface area contributed by atoms with E-state index >= 15 is 0 Å². The van der Waals surface area contributed by atoms with Crippen LogP contribution in [0.5, 0.6) is 0 Å². The number of carbonyl (C=O) groups excluding carboxylic acids is 1. The van der Waals surface area contributed by atoms with E-state index in [1.165, 1.54) is 12.8 Å². The highest BCUT2D eigenvalue weighted by Gasteiger charge is 2.25. The molecule has 1 aromatic rings. The van der Waals surface area contributed by atoms with Crippen molar-refractivity contribution < 1.29 is 4.79 Å². The van der Waals surface area contributed by atoms with Crippen LogP contribution in [0.25, 0.3) is 0 Å². The SMILES string of the molecule is CCC(C)c1nc(N(C)C2CCN(CC)CC2)sc1C=O. The zero-order chi connectivity index (χ0) is 15.4. The topological polar surface area (TPSA) is 36.4 Å². The number of anilines is 1. The van der Waals surface area contributed by atoms with E-state index in [1.807, 2.05) is 0 Å². The number of carbonyl (C=O) groups is 1. The van der Waals surface area contributed by atoms with Crippen LogP contribution in [0.4, 0.5) is 5.13 Å². The third kappa shape index (κ3) is 3.64. The number of hydrogen-bond donors (Lipinski definition) is 0. The number of likely N-dealkylation sites (tertiary alicyclic amines) is 1. The highest BCUT2D eigenvalue weighted by molar-refractivity contribution is 7.17. The molecule has 1 aromatic heterocycles. The first-order valence-electron chi connectivity index (χ1n) is 8.01. The lowest BCUT2D eigenvalue weighted by Crippen LogP contribution is -2.43. The van der Waals surface area contributed by atoms with Crippen LogP contribution in [0.2, 0.25) is 0 Å². The van der Waals surface area contributed by atoms with Crippen LogP contribution >= 0.6 is 11.3 Å². The van der Waals surface area contributed by atoms with Crippen LogP contribution < -0.4 is 4.90 Å². The second-order valence-electron chi connectivity index (χ2n) is 5.95. The summed E-state index contributed by atoms with van der Waals surface area (Å²) in [7, 11) is 2.13. The highest BCUT2D eigenvalue weighted by atomic mass is 32.1. The number of nitrogens with zero attached hydrogens (tertiary/aromatic N) is 3. The van der Waals surface area contributed by atoms with Gasteiger partial charge in [0.1, 0.15) is 0 Å². The zero-order valence-corrected chi connectivity index (χ0v) is 14.4. The molecule has 0 aromatic carbocycles. The van der Waals surface area contributed by atoms with Gasteiger partial charge in [0.05, 0.1) is 10.6 Å². The van der Waals surface area contributed by atoms with Gasteiger partial charge in [0.25, 0.3) is 0 Å². The Kier molecular flexibility index (Phi) is 5.76. The minimum absolute atomic E-state index is 0.352. The molecule has 0 spiro atoms. The Morgan fingerprint density at radius 2 is 2.10 bits per heavy atom. The molecule has 1 fully saturated rings. The van der Waals surface area contributed by atoms with E-state index < -0.39 is 0 Å². The Morgan fingerprint density at radius 3 is 2.62 bits per heavy atom. The first kappa shape index (κ1) is 16.4. The summed E-state index contributed by atoms with van der Waals surface area (Å²) in [4.78, 5) is 21.6. The van der Waals surface area contributed by atoms with E-state index in [9.17, 15) is 4.79 Å². The molecule has 0 radical (unpaired) electrons. The molecule has 118 valence electrons. The predicted molar refractivity (Wildman–Crippen MR) is 89.7 cm³/mol. The molecule has 1 unspecified atom stereocenters. The molecule has 5 heteroatoms. The van der Waals surface area contributed by atoms with Gasteiger partial charge < -0.3 is 9.80 Å². The van der Waals surface area contributed by atoms with Crippen molar-refractivity contribution >= 4 is 22.8 Å². The van der Waals surface area contributed by atoms with Gasteiger partial charge in [0, 0.05) is 26.2 Å². The molecule has 1 aliphatic rings.